The van der Waals surface area contributed by atoms with Crippen LogP contribution >= 0.6 is 0 Å². The van der Waals surface area contributed by atoms with Crippen molar-refractivity contribution in [3.63, 3.8) is 0 Å². The Balaban J connectivity index is 0.922. The predicted molar refractivity (Wildman–Crippen MR) is 166 cm³/mol. The summed E-state index contributed by atoms with van der Waals surface area (Å²) < 4.78 is 18.3. The SMILES string of the molecule is C[C@@H]1[C@@H](OC(=O)CCC(=O)NCCCC(=O)N[C@H](Cc2c[nH]c3ccccc23)C(=O)O)O[C@H]2O[C@]3(C)CC[C@H]4[C@H](C)CC[C@H]1[C@]24OO3. The van der Waals surface area contributed by atoms with E-state index >= 15 is 0 Å². The van der Waals surface area contributed by atoms with Gasteiger partial charge in [-0.2, -0.15) is 0 Å². The molecule has 0 radical (unpaired) electrons. The van der Waals surface area contributed by atoms with E-state index in [-0.39, 0.29) is 55.9 Å². The third-order valence-corrected chi connectivity index (χ3v) is 10.5. The minimum atomic E-state index is -1.13. The summed E-state index contributed by atoms with van der Waals surface area (Å²) >= 11 is 0. The number of carboxylic acids is 1. The maximum Gasteiger partial charge on any atom is 0.326 e. The standard InChI is InChI=1S/C34H45N3O10/c1-19-10-11-24-20(2)31(44-32-34(24)23(19)14-15-33(3,45-32)46-47-34)43-29(40)13-12-27(38)35-16-6-9-28(39)37-26(30(41)42)17-21-18-36-25-8-5-4-7-22(21)25/h4-5,7-8,18-20,23-24,26,31-32,36H,6,9-17H2,1-3H3,(H,35,38)(H,37,39)(H,41,42)/t19-,20+,23+,24-,26-,31+,32+,33+,34+/m1/s1. The minimum absolute atomic E-state index is 0.0164. The molecule has 1 aromatic carbocycles. The first-order valence-corrected chi connectivity index (χ1v) is 16.7. The van der Waals surface area contributed by atoms with E-state index in [1.54, 1.807) is 6.20 Å². The molecule has 13 nitrogen and oxygen atoms in total. The number of aromatic amines is 1. The first-order chi connectivity index (χ1) is 22.5. The van der Waals surface area contributed by atoms with Crippen molar-refractivity contribution in [2.45, 2.75) is 109 Å². The van der Waals surface area contributed by atoms with Gasteiger partial charge >= 0.3 is 11.9 Å². The lowest BCUT2D eigenvalue weighted by molar-refractivity contribution is -0.576. The van der Waals surface area contributed by atoms with Gasteiger partial charge in [0.05, 0.1) is 6.42 Å². The Morgan fingerprint density at radius 1 is 1.04 bits per heavy atom. The molecule has 47 heavy (non-hydrogen) atoms. The molecule has 7 rings (SSSR count). The number of aromatic nitrogens is 1. The number of rotatable bonds is 12. The maximum absolute atomic E-state index is 12.8. The number of carboxylic acid groups (broad SMARTS) is 1. The second kappa shape index (κ2) is 13.5. The number of para-hydroxylation sites is 1. The molecule has 13 heteroatoms. The molecule has 5 aliphatic rings. The molecule has 4 saturated heterocycles. The van der Waals surface area contributed by atoms with Gasteiger partial charge in [-0.3, -0.25) is 14.4 Å². The van der Waals surface area contributed by atoms with Crippen LogP contribution in [0.3, 0.4) is 0 Å². The molecule has 0 unspecified atom stereocenters. The Morgan fingerprint density at radius 2 is 1.85 bits per heavy atom. The summed E-state index contributed by atoms with van der Waals surface area (Å²) in [5.41, 5.74) is 0.940. The first kappa shape index (κ1) is 33.4. The van der Waals surface area contributed by atoms with Gasteiger partial charge in [0, 0.05) is 61.2 Å². The molecular formula is C34H45N3O10. The number of esters is 1. The van der Waals surface area contributed by atoms with Gasteiger partial charge in [0.15, 0.2) is 11.9 Å². The van der Waals surface area contributed by atoms with Crippen molar-refractivity contribution < 1.29 is 48.3 Å². The molecular weight excluding hydrogens is 610 g/mol. The van der Waals surface area contributed by atoms with Crippen molar-refractivity contribution in [3.8, 4) is 0 Å². The van der Waals surface area contributed by atoms with Crippen molar-refractivity contribution in [2.24, 2.45) is 23.7 Å². The molecule has 5 fully saturated rings. The zero-order valence-corrected chi connectivity index (χ0v) is 27.1. The number of carbonyl (C=O) groups is 4. The number of amides is 2. The van der Waals surface area contributed by atoms with Crippen LogP contribution < -0.4 is 10.6 Å². The van der Waals surface area contributed by atoms with Crippen LogP contribution in [0.5, 0.6) is 0 Å². The van der Waals surface area contributed by atoms with E-state index in [0.29, 0.717) is 18.8 Å². The Hall–Kier alpha value is -3.52. The quantitative estimate of drug-likeness (QED) is 0.150. The van der Waals surface area contributed by atoms with E-state index in [1.165, 1.54) is 0 Å². The van der Waals surface area contributed by atoms with E-state index in [2.05, 4.69) is 22.5 Å². The molecule has 256 valence electrons. The summed E-state index contributed by atoms with van der Waals surface area (Å²) in [5.74, 6) is -2.91. The fourth-order valence-electron chi connectivity index (χ4n) is 7.96. The fourth-order valence-corrected chi connectivity index (χ4v) is 7.96. The number of carbonyl (C=O) groups excluding carboxylic acids is 3. The van der Waals surface area contributed by atoms with Crippen molar-refractivity contribution in [3.05, 3.63) is 36.0 Å². The number of H-pyrrole nitrogens is 1. The Bertz CT molecular complexity index is 1500. The third-order valence-electron chi connectivity index (χ3n) is 10.5. The molecule has 2 bridgehead atoms. The van der Waals surface area contributed by atoms with Crippen LogP contribution in [0, 0.1) is 23.7 Å². The lowest BCUT2D eigenvalue weighted by atomic mass is 9.58. The summed E-state index contributed by atoms with van der Waals surface area (Å²) in [6.07, 6.45) is 3.94. The minimum Gasteiger partial charge on any atom is -0.480 e. The Labute approximate surface area is 273 Å². The summed E-state index contributed by atoms with van der Waals surface area (Å²) in [4.78, 5) is 64.6. The van der Waals surface area contributed by atoms with Crippen molar-refractivity contribution in [1.29, 1.82) is 0 Å². The zero-order chi connectivity index (χ0) is 33.3. The first-order valence-electron chi connectivity index (χ1n) is 16.7. The van der Waals surface area contributed by atoms with Crippen LogP contribution in [-0.2, 0) is 49.6 Å². The van der Waals surface area contributed by atoms with Gasteiger partial charge in [-0.25, -0.2) is 14.6 Å². The van der Waals surface area contributed by atoms with Crippen LogP contribution in [0.15, 0.2) is 30.5 Å². The van der Waals surface area contributed by atoms with Crippen LogP contribution in [0.1, 0.15) is 77.7 Å². The number of hydrogen-bond acceptors (Lipinski definition) is 9. The average Bonchev–Trinajstić information content (AvgIpc) is 3.31. The number of aliphatic carboxylic acids is 1. The van der Waals surface area contributed by atoms with Crippen LogP contribution in [0.4, 0.5) is 0 Å². The van der Waals surface area contributed by atoms with Crippen LogP contribution in [0.25, 0.3) is 10.9 Å². The van der Waals surface area contributed by atoms with Gasteiger partial charge in [-0.1, -0.05) is 32.0 Å². The third kappa shape index (κ3) is 6.76. The molecule has 1 aliphatic carbocycles. The van der Waals surface area contributed by atoms with Gasteiger partial charge in [-0.15, -0.1) is 0 Å². The van der Waals surface area contributed by atoms with E-state index in [4.69, 9.17) is 24.0 Å². The smallest absolute Gasteiger partial charge is 0.326 e. The summed E-state index contributed by atoms with van der Waals surface area (Å²) in [5, 5.41) is 15.9. The van der Waals surface area contributed by atoms with E-state index in [9.17, 15) is 24.3 Å². The topological polar surface area (TPSA) is 175 Å². The molecule has 9 atom stereocenters. The molecule has 2 amide bonds. The van der Waals surface area contributed by atoms with Gasteiger partial charge < -0.3 is 34.9 Å². The van der Waals surface area contributed by atoms with Crippen molar-refractivity contribution >= 4 is 34.7 Å². The summed E-state index contributed by atoms with van der Waals surface area (Å²) in [6, 6.07) is 6.47. The van der Waals surface area contributed by atoms with Crippen molar-refractivity contribution in [1.82, 2.24) is 15.6 Å². The van der Waals surface area contributed by atoms with Crippen LogP contribution in [0.2, 0.25) is 0 Å². The van der Waals surface area contributed by atoms with Gasteiger partial charge in [-0.05, 0) is 56.1 Å². The number of benzene rings is 1. The number of nitrogens with one attached hydrogen (secondary N) is 3. The molecule has 1 saturated carbocycles. The molecule has 4 N–H and O–H groups in total. The predicted octanol–water partition coefficient (Wildman–Crippen LogP) is 3.71. The highest BCUT2D eigenvalue weighted by Crippen LogP contribution is 2.60. The lowest BCUT2D eigenvalue weighted by Gasteiger charge is -2.59. The van der Waals surface area contributed by atoms with Gasteiger partial charge in [0.1, 0.15) is 6.04 Å². The molecule has 5 heterocycles. The van der Waals surface area contributed by atoms with E-state index in [1.807, 2.05) is 38.1 Å². The van der Waals surface area contributed by atoms with Gasteiger partial charge in [0.2, 0.25) is 23.9 Å². The molecule has 1 spiro atoms. The largest absolute Gasteiger partial charge is 0.480 e. The average molecular weight is 656 g/mol. The van der Waals surface area contributed by atoms with E-state index < -0.39 is 47.9 Å². The number of ether oxygens (including phenoxy) is 3. The van der Waals surface area contributed by atoms with Gasteiger partial charge in [0.25, 0.3) is 0 Å². The van der Waals surface area contributed by atoms with E-state index in [0.717, 1.165) is 35.7 Å². The molecule has 4 aliphatic heterocycles. The second-order valence-electron chi connectivity index (χ2n) is 13.7. The monoisotopic (exact) mass is 655 g/mol. The zero-order valence-electron chi connectivity index (χ0n) is 27.1. The van der Waals surface area contributed by atoms with Crippen molar-refractivity contribution in [2.75, 3.05) is 6.54 Å². The highest BCUT2D eigenvalue weighted by molar-refractivity contribution is 5.87. The lowest BCUT2D eigenvalue weighted by Crippen LogP contribution is -2.70. The van der Waals surface area contributed by atoms with Crippen LogP contribution in [-0.4, -0.2) is 70.4 Å². The normalized spacial score (nSPS) is 33.3. The Kier molecular flexibility index (Phi) is 9.62. The summed E-state index contributed by atoms with van der Waals surface area (Å²) in [7, 11) is 0. The highest BCUT2D eigenvalue weighted by Gasteiger charge is 2.69. The second-order valence-corrected chi connectivity index (χ2v) is 13.7. The summed E-state index contributed by atoms with van der Waals surface area (Å²) in [6.45, 7) is 6.26. The Morgan fingerprint density at radius 3 is 2.66 bits per heavy atom. The molecule has 2 aromatic rings. The molecule has 1 aromatic heterocycles. The highest BCUT2D eigenvalue weighted by atomic mass is 17.3. The number of fused-ring (bicyclic) bond motifs is 3. The maximum atomic E-state index is 12.8. The number of hydrogen-bond donors (Lipinski definition) is 4. The fraction of sp³-hybridized carbons (Fsp3) is 0.647.